The summed E-state index contributed by atoms with van der Waals surface area (Å²) in [7, 11) is 0. The zero-order valence-electron chi connectivity index (χ0n) is 18.3. The summed E-state index contributed by atoms with van der Waals surface area (Å²) in [5.74, 6) is -4.92. The smallest absolute Gasteiger partial charge is 0.337 e. The Kier molecular flexibility index (Phi) is 6.85. The second kappa shape index (κ2) is 9.29. The lowest BCUT2D eigenvalue weighted by molar-refractivity contribution is -0.0450. The Bertz CT molecular complexity index is 1100. The molecule has 1 aliphatic rings. The van der Waals surface area contributed by atoms with E-state index in [1.165, 1.54) is 6.07 Å². The molecule has 2 aromatic rings. The molecule has 0 unspecified atom stereocenters. The fourth-order valence-corrected chi connectivity index (χ4v) is 4.18. The maximum absolute atomic E-state index is 14.0. The summed E-state index contributed by atoms with van der Waals surface area (Å²) in [6.07, 6.45) is 1.55. The second-order valence-corrected chi connectivity index (χ2v) is 9.10. The molecule has 0 aliphatic heterocycles. The maximum atomic E-state index is 14.0. The molecule has 5 N–H and O–H groups in total. The second-order valence-electron chi connectivity index (χ2n) is 9.10. The van der Waals surface area contributed by atoms with Gasteiger partial charge in [0.25, 0.3) is 5.91 Å². The average molecular weight is 459 g/mol. The summed E-state index contributed by atoms with van der Waals surface area (Å²) in [5, 5.41) is 40.0. The number of aliphatic hydroxyl groups excluding tert-OH is 1. The molecule has 1 aliphatic carbocycles. The molecule has 3 rings (SSSR count). The van der Waals surface area contributed by atoms with Gasteiger partial charge in [0.2, 0.25) is 0 Å². The van der Waals surface area contributed by atoms with Crippen molar-refractivity contribution >= 4 is 23.5 Å². The molecule has 0 atom stereocenters. The molecule has 1 fully saturated rings. The summed E-state index contributed by atoms with van der Waals surface area (Å²) in [6, 6.07) is 5.91. The summed E-state index contributed by atoms with van der Waals surface area (Å²) in [5.41, 5.74) is -1.03. The normalized spacial score (nSPS) is 15.9. The highest BCUT2D eigenvalue weighted by Crippen LogP contribution is 2.43. The van der Waals surface area contributed by atoms with Crippen molar-refractivity contribution in [2.24, 2.45) is 5.41 Å². The first kappa shape index (κ1) is 24.3. The Hall–Kier alpha value is -3.30. The largest absolute Gasteiger partial charge is 0.478 e. The third kappa shape index (κ3) is 5.37. The lowest BCUT2D eigenvalue weighted by atomic mass is 9.71. The van der Waals surface area contributed by atoms with Crippen LogP contribution >= 0.6 is 0 Å². The lowest BCUT2D eigenvalue weighted by Crippen LogP contribution is -2.21. The molecule has 0 saturated heterocycles. The van der Waals surface area contributed by atoms with Crippen LogP contribution in [0.2, 0.25) is 0 Å². The van der Waals surface area contributed by atoms with Gasteiger partial charge in [-0.15, -0.1) is 0 Å². The third-order valence-corrected chi connectivity index (χ3v) is 6.22. The fraction of sp³-hybridized carbons (Fsp3) is 0.375. The third-order valence-electron chi connectivity index (χ3n) is 6.22. The molecule has 1 saturated carbocycles. The first-order chi connectivity index (χ1) is 15.4. The molecule has 1 amide bonds. The van der Waals surface area contributed by atoms with Gasteiger partial charge in [0.15, 0.2) is 6.29 Å². The minimum absolute atomic E-state index is 0.0263. The van der Waals surface area contributed by atoms with Crippen LogP contribution in [-0.2, 0) is 0 Å². The Morgan fingerprint density at radius 1 is 0.970 bits per heavy atom. The first-order valence-corrected chi connectivity index (χ1v) is 10.5. The standard InChI is InChI=1S/C24H26FNO7/c1-24(2)7-5-12(6-8-24)13-3-4-14(21(28)29)19(9-13)26-20(27)15-10-17(23(32)33)18(25)11-16(15)22(30)31/h3-4,9-12,23,32-33H,5-8H2,1-2H3,(H,26,27)(H,28,29)(H,30,31). The maximum Gasteiger partial charge on any atom is 0.337 e. The van der Waals surface area contributed by atoms with Gasteiger partial charge < -0.3 is 25.7 Å². The van der Waals surface area contributed by atoms with Gasteiger partial charge in [-0.1, -0.05) is 19.9 Å². The summed E-state index contributed by atoms with van der Waals surface area (Å²) < 4.78 is 14.0. The highest BCUT2D eigenvalue weighted by molar-refractivity contribution is 6.12. The Morgan fingerprint density at radius 2 is 1.58 bits per heavy atom. The van der Waals surface area contributed by atoms with Gasteiger partial charge >= 0.3 is 11.9 Å². The number of hydrogen-bond acceptors (Lipinski definition) is 5. The first-order valence-electron chi connectivity index (χ1n) is 10.5. The van der Waals surface area contributed by atoms with Crippen LogP contribution in [0.5, 0.6) is 0 Å². The number of carboxylic acid groups (broad SMARTS) is 2. The van der Waals surface area contributed by atoms with Gasteiger partial charge in [0.05, 0.1) is 22.4 Å². The van der Waals surface area contributed by atoms with Crippen LogP contribution in [0.3, 0.4) is 0 Å². The quantitative estimate of drug-likeness (QED) is 0.408. The van der Waals surface area contributed by atoms with Crippen LogP contribution in [0.4, 0.5) is 10.1 Å². The van der Waals surface area contributed by atoms with E-state index >= 15 is 0 Å². The zero-order valence-corrected chi connectivity index (χ0v) is 18.3. The van der Waals surface area contributed by atoms with Gasteiger partial charge in [0, 0.05) is 5.56 Å². The molecular formula is C24H26FNO7. The van der Waals surface area contributed by atoms with Gasteiger partial charge in [-0.3, -0.25) is 4.79 Å². The summed E-state index contributed by atoms with van der Waals surface area (Å²) in [4.78, 5) is 36.2. The van der Waals surface area contributed by atoms with Crippen LogP contribution in [0.15, 0.2) is 30.3 Å². The monoisotopic (exact) mass is 459 g/mol. The SMILES string of the molecule is CC1(C)CCC(c2ccc(C(=O)O)c(NC(=O)c3cc(C(O)O)c(F)cc3C(=O)O)c2)CC1. The number of carbonyl (C=O) groups excluding carboxylic acids is 1. The highest BCUT2D eigenvalue weighted by atomic mass is 19.1. The number of carboxylic acids is 2. The number of rotatable bonds is 6. The molecule has 33 heavy (non-hydrogen) atoms. The van der Waals surface area contributed by atoms with Gasteiger partial charge in [0.1, 0.15) is 5.82 Å². The molecule has 0 aromatic heterocycles. The number of amides is 1. The molecule has 176 valence electrons. The van der Waals surface area contributed by atoms with Crippen molar-refractivity contribution in [3.8, 4) is 0 Å². The number of nitrogens with one attached hydrogen (secondary N) is 1. The van der Waals surface area contributed by atoms with Crippen molar-refractivity contribution < 1.29 is 39.2 Å². The van der Waals surface area contributed by atoms with Crippen molar-refractivity contribution in [2.45, 2.75) is 51.7 Å². The van der Waals surface area contributed by atoms with E-state index in [4.69, 9.17) is 0 Å². The minimum atomic E-state index is -2.27. The number of aliphatic hydroxyl groups is 2. The van der Waals surface area contributed by atoms with E-state index < -0.39 is 46.6 Å². The van der Waals surface area contributed by atoms with Crippen molar-refractivity contribution in [1.82, 2.24) is 0 Å². The topological polar surface area (TPSA) is 144 Å². The number of carbonyl (C=O) groups is 3. The predicted octanol–water partition coefficient (Wildman–Crippen LogP) is 4.14. The van der Waals surface area contributed by atoms with Crippen molar-refractivity contribution in [1.29, 1.82) is 0 Å². The van der Waals surface area contributed by atoms with Crippen molar-refractivity contribution in [3.63, 3.8) is 0 Å². The van der Waals surface area contributed by atoms with Gasteiger partial charge in [-0.2, -0.15) is 0 Å². The molecular weight excluding hydrogens is 433 g/mol. The van der Waals surface area contributed by atoms with Gasteiger partial charge in [-0.25, -0.2) is 14.0 Å². The number of hydrogen-bond donors (Lipinski definition) is 5. The Balaban J connectivity index is 1.98. The van der Waals surface area contributed by atoms with E-state index in [9.17, 15) is 39.2 Å². The highest BCUT2D eigenvalue weighted by Gasteiger charge is 2.29. The average Bonchev–Trinajstić information content (AvgIpc) is 2.72. The number of halogens is 1. The summed E-state index contributed by atoms with van der Waals surface area (Å²) >= 11 is 0. The van der Waals surface area contributed by atoms with E-state index in [0.717, 1.165) is 37.3 Å². The van der Waals surface area contributed by atoms with Crippen LogP contribution in [0, 0.1) is 11.2 Å². The van der Waals surface area contributed by atoms with Crippen LogP contribution in [0.1, 0.15) is 93.9 Å². The fourth-order valence-electron chi connectivity index (χ4n) is 4.18. The predicted molar refractivity (Wildman–Crippen MR) is 117 cm³/mol. The Morgan fingerprint density at radius 3 is 2.12 bits per heavy atom. The Labute approximate surface area is 189 Å². The van der Waals surface area contributed by atoms with Crippen LogP contribution in [-0.4, -0.2) is 38.3 Å². The number of aromatic carboxylic acids is 2. The minimum Gasteiger partial charge on any atom is -0.478 e. The number of anilines is 1. The molecule has 0 spiro atoms. The lowest BCUT2D eigenvalue weighted by Gasteiger charge is -2.34. The number of benzene rings is 2. The molecule has 0 bridgehead atoms. The van der Waals surface area contributed by atoms with Crippen molar-refractivity contribution in [3.05, 3.63) is 64.0 Å². The zero-order chi connectivity index (χ0) is 24.5. The molecule has 2 aromatic carbocycles. The van der Waals surface area contributed by atoms with Crippen LogP contribution < -0.4 is 5.32 Å². The van der Waals surface area contributed by atoms with Crippen molar-refractivity contribution in [2.75, 3.05) is 5.32 Å². The molecule has 8 nitrogen and oxygen atoms in total. The molecule has 0 radical (unpaired) electrons. The molecule has 9 heteroatoms. The molecule has 0 heterocycles. The van der Waals surface area contributed by atoms with E-state index in [-0.39, 0.29) is 22.6 Å². The van der Waals surface area contributed by atoms with E-state index in [0.29, 0.717) is 6.07 Å². The van der Waals surface area contributed by atoms with Gasteiger partial charge in [-0.05, 0) is 66.8 Å². The summed E-state index contributed by atoms with van der Waals surface area (Å²) in [6.45, 7) is 4.39. The van der Waals surface area contributed by atoms with E-state index in [1.54, 1.807) is 12.1 Å². The van der Waals surface area contributed by atoms with Crippen LogP contribution in [0.25, 0.3) is 0 Å². The van der Waals surface area contributed by atoms with E-state index in [2.05, 4.69) is 19.2 Å². The van der Waals surface area contributed by atoms with E-state index in [1.807, 2.05) is 0 Å².